The van der Waals surface area contributed by atoms with E-state index in [1.165, 1.54) is 6.07 Å². The lowest BCUT2D eigenvalue weighted by molar-refractivity contribution is -0.136. The third-order valence-electron chi connectivity index (χ3n) is 4.07. The van der Waals surface area contributed by atoms with Gasteiger partial charge in [-0.2, -0.15) is 0 Å². The molecule has 0 aliphatic carbocycles. The van der Waals surface area contributed by atoms with Crippen molar-refractivity contribution < 1.29 is 9.18 Å². The van der Waals surface area contributed by atoms with Gasteiger partial charge in [0.15, 0.2) is 5.78 Å². The van der Waals surface area contributed by atoms with E-state index in [0.717, 1.165) is 25.9 Å². The molecular weight excluding hydrogens is 217 g/mol. The van der Waals surface area contributed by atoms with Gasteiger partial charge in [-0.1, -0.05) is 18.2 Å². The lowest BCUT2D eigenvalue weighted by atomic mass is 9.80. The van der Waals surface area contributed by atoms with Crippen LogP contribution >= 0.6 is 0 Å². The van der Waals surface area contributed by atoms with Crippen molar-refractivity contribution in [3.8, 4) is 0 Å². The first kappa shape index (κ1) is 10.9. The van der Waals surface area contributed by atoms with Gasteiger partial charge in [-0.3, -0.25) is 9.69 Å². The van der Waals surface area contributed by atoms with Crippen LogP contribution in [0.1, 0.15) is 18.4 Å². The molecule has 1 aromatic rings. The highest BCUT2D eigenvalue weighted by molar-refractivity contribution is 5.88. The van der Waals surface area contributed by atoms with Crippen molar-refractivity contribution in [1.29, 1.82) is 0 Å². The summed E-state index contributed by atoms with van der Waals surface area (Å²) in [6.07, 6.45) is 2.52. The summed E-state index contributed by atoms with van der Waals surface area (Å²) in [5.41, 5.74) is 0.665. The second kappa shape index (κ2) is 4.22. The molecule has 3 heteroatoms. The van der Waals surface area contributed by atoms with E-state index in [-0.39, 0.29) is 17.8 Å². The quantitative estimate of drug-likeness (QED) is 0.779. The number of carbonyl (C=O) groups excluding carboxylic acids is 1. The number of ketones is 1. The number of rotatable bonds is 2. The zero-order chi connectivity index (χ0) is 11.8. The third-order valence-corrected chi connectivity index (χ3v) is 4.07. The molecule has 0 unspecified atom stereocenters. The van der Waals surface area contributed by atoms with E-state index in [4.69, 9.17) is 0 Å². The first-order chi connectivity index (χ1) is 8.25. The Balaban J connectivity index is 1.81. The minimum Gasteiger partial charge on any atom is -0.298 e. The van der Waals surface area contributed by atoms with Gasteiger partial charge in [0, 0.05) is 5.92 Å². The van der Waals surface area contributed by atoms with Gasteiger partial charge in [-0.05, 0) is 44.0 Å². The minimum absolute atomic E-state index is 0.0839. The largest absolute Gasteiger partial charge is 0.298 e. The normalized spacial score (nSPS) is 31.8. The number of carbonyl (C=O) groups is 1. The monoisotopic (exact) mass is 233 g/mol. The molecule has 3 heterocycles. The molecule has 0 radical (unpaired) electrons. The van der Waals surface area contributed by atoms with Crippen LogP contribution < -0.4 is 0 Å². The highest BCUT2D eigenvalue weighted by Gasteiger charge is 2.40. The fourth-order valence-electron chi connectivity index (χ4n) is 3.05. The van der Waals surface area contributed by atoms with Crippen LogP contribution in [0.15, 0.2) is 24.3 Å². The molecule has 0 saturated carbocycles. The van der Waals surface area contributed by atoms with Crippen LogP contribution in [-0.4, -0.2) is 29.8 Å². The summed E-state index contributed by atoms with van der Waals surface area (Å²) < 4.78 is 13.6. The number of hydrogen-bond acceptors (Lipinski definition) is 2. The summed E-state index contributed by atoms with van der Waals surface area (Å²) in [4.78, 5) is 14.4. The Hall–Kier alpha value is -1.22. The van der Waals surface area contributed by atoms with Crippen molar-refractivity contribution in [2.45, 2.75) is 25.3 Å². The molecule has 3 fully saturated rings. The number of piperidine rings is 3. The zero-order valence-electron chi connectivity index (χ0n) is 9.73. The van der Waals surface area contributed by atoms with Crippen LogP contribution in [0.2, 0.25) is 0 Å². The molecule has 3 aliphatic rings. The average molecular weight is 233 g/mol. The molecule has 17 heavy (non-hydrogen) atoms. The number of fused-ring (bicyclic) bond motifs is 3. The number of hydrogen-bond donors (Lipinski definition) is 0. The number of benzene rings is 1. The van der Waals surface area contributed by atoms with Gasteiger partial charge in [0.1, 0.15) is 5.82 Å². The number of halogens is 1. The first-order valence-electron chi connectivity index (χ1n) is 6.27. The van der Waals surface area contributed by atoms with Crippen LogP contribution in [0.3, 0.4) is 0 Å². The van der Waals surface area contributed by atoms with Gasteiger partial charge in [0.25, 0.3) is 0 Å². The molecular formula is C14H16FNO. The Morgan fingerprint density at radius 3 is 2.59 bits per heavy atom. The first-order valence-corrected chi connectivity index (χ1v) is 6.27. The minimum atomic E-state index is -0.192. The highest BCUT2D eigenvalue weighted by Crippen LogP contribution is 2.30. The van der Waals surface area contributed by atoms with Crippen LogP contribution in [-0.2, 0) is 11.2 Å². The maximum Gasteiger partial charge on any atom is 0.153 e. The fourth-order valence-corrected chi connectivity index (χ4v) is 3.05. The molecule has 0 aromatic heterocycles. The van der Waals surface area contributed by atoms with Crippen LogP contribution in [0.5, 0.6) is 0 Å². The Morgan fingerprint density at radius 1 is 1.24 bits per heavy atom. The fraction of sp³-hybridized carbons (Fsp3) is 0.500. The zero-order valence-corrected chi connectivity index (χ0v) is 9.73. The Bertz CT molecular complexity index is 438. The second-order valence-corrected chi connectivity index (χ2v) is 5.02. The van der Waals surface area contributed by atoms with Crippen molar-refractivity contribution in [3.63, 3.8) is 0 Å². The maximum absolute atomic E-state index is 13.6. The smallest absolute Gasteiger partial charge is 0.153 e. The van der Waals surface area contributed by atoms with E-state index >= 15 is 0 Å². The lowest BCUT2D eigenvalue weighted by Gasteiger charge is -2.44. The summed E-state index contributed by atoms with van der Waals surface area (Å²) in [7, 11) is 0. The third kappa shape index (κ3) is 1.89. The van der Waals surface area contributed by atoms with Gasteiger partial charge >= 0.3 is 0 Å². The Kier molecular flexibility index (Phi) is 2.71. The lowest BCUT2D eigenvalue weighted by Crippen LogP contribution is -2.56. The predicted molar refractivity (Wildman–Crippen MR) is 63.2 cm³/mol. The average Bonchev–Trinajstić information content (AvgIpc) is 2.36. The summed E-state index contributed by atoms with van der Waals surface area (Å²) in [5.74, 6) is 0.366. The molecule has 0 N–H and O–H groups in total. The van der Waals surface area contributed by atoms with Crippen LogP contribution in [0, 0.1) is 11.7 Å². The van der Waals surface area contributed by atoms with Crippen molar-refractivity contribution in [3.05, 3.63) is 35.6 Å². The molecule has 2 bridgehead atoms. The van der Waals surface area contributed by atoms with Gasteiger partial charge in [-0.25, -0.2) is 4.39 Å². The van der Waals surface area contributed by atoms with E-state index in [0.29, 0.717) is 17.8 Å². The molecule has 0 amide bonds. The molecule has 2 nitrogen and oxygen atoms in total. The van der Waals surface area contributed by atoms with Crippen molar-refractivity contribution in [1.82, 2.24) is 4.90 Å². The summed E-state index contributed by atoms with van der Waals surface area (Å²) >= 11 is 0. The summed E-state index contributed by atoms with van der Waals surface area (Å²) in [6, 6.07) is 6.69. The van der Waals surface area contributed by atoms with Crippen molar-refractivity contribution in [2.75, 3.05) is 13.1 Å². The van der Waals surface area contributed by atoms with Gasteiger partial charge < -0.3 is 0 Å². The van der Waals surface area contributed by atoms with Gasteiger partial charge in [0.2, 0.25) is 0 Å². The Labute approximate surface area is 100 Å². The molecule has 0 spiro atoms. The molecule has 3 aliphatic heterocycles. The molecule has 1 aromatic carbocycles. The maximum atomic E-state index is 13.6. The van der Waals surface area contributed by atoms with Gasteiger partial charge in [0.05, 0.1) is 6.04 Å². The van der Waals surface area contributed by atoms with Crippen LogP contribution in [0.25, 0.3) is 0 Å². The molecule has 1 atom stereocenters. The van der Waals surface area contributed by atoms with Gasteiger partial charge in [-0.15, -0.1) is 0 Å². The number of nitrogens with zero attached hydrogens (tertiary/aromatic N) is 1. The Morgan fingerprint density at radius 2 is 1.94 bits per heavy atom. The predicted octanol–water partition coefficient (Wildman–Crippen LogP) is 2.03. The van der Waals surface area contributed by atoms with Crippen molar-refractivity contribution >= 4 is 5.78 Å². The van der Waals surface area contributed by atoms with E-state index in [1.54, 1.807) is 12.1 Å². The summed E-state index contributed by atoms with van der Waals surface area (Å²) in [6.45, 7) is 1.99. The van der Waals surface area contributed by atoms with E-state index < -0.39 is 0 Å². The van der Waals surface area contributed by atoms with E-state index in [2.05, 4.69) is 4.90 Å². The molecule has 90 valence electrons. The molecule has 3 saturated heterocycles. The van der Waals surface area contributed by atoms with E-state index in [9.17, 15) is 9.18 Å². The number of Topliss-reactive ketones (excluding diaryl/α,β-unsaturated/α-hetero) is 1. The molecule has 4 rings (SSSR count). The van der Waals surface area contributed by atoms with Crippen molar-refractivity contribution in [2.24, 2.45) is 5.92 Å². The summed E-state index contributed by atoms with van der Waals surface area (Å²) in [5, 5.41) is 0. The van der Waals surface area contributed by atoms with E-state index in [1.807, 2.05) is 6.07 Å². The van der Waals surface area contributed by atoms with Crippen LogP contribution in [0.4, 0.5) is 4.39 Å². The standard InChI is InChI=1S/C14H16FNO/c15-12-4-2-1-3-11(12)9-13-14(17)10-5-7-16(13)8-6-10/h1-4,10,13H,5-9H2/t13-/m0/s1. The SMILES string of the molecule is O=C1C2CCN(CC2)[C@H]1Cc1ccccc1F. The second-order valence-electron chi connectivity index (χ2n) is 5.02. The topological polar surface area (TPSA) is 20.3 Å². The highest BCUT2D eigenvalue weighted by atomic mass is 19.1.